The molecule has 1 fully saturated rings. The van der Waals surface area contributed by atoms with Gasteiger partial charge in [-0.1, -0.05) is 6.42 Å². The summed E-state index contributed by atoms with van der Waals surface area (Å²) in [5, 5.41) is 5.78. The summed E-state index contributed by atoms with van der Waals surface area (Å²) in [5.41, 5.74) is 0. The largest absolute Gasteiger partial charge is 0.353 e. The number of carbonyl (C=O) groups is 1. The van der Waals surface area contributed by atoms with Crippen LogP contribution in [0.4, 0.5) is 0 Å². The van der Waals surface area contributed by atoms with Crippen molar-refractivity contribution in [1.29, 1.82) is 0 Å². The van der Waals surface area contributed by atoms with E-state index in [1.807, 2.05) is 0 Å². The number of carbonyl (C=O) groups excluding carboxylic acids is 1. The number of piperidine rings is 1. The molecule has 1 heterocycles. The van der Waals surface area contributed by atoms with Gasteiger partial charge in [-0.25, -0.2) is 0 Å². The van der Waals surface area contributed by atoms with Crippen LogP contribution in [0.15, 0.2) is 0 Å². The van der Waals surface area contributed by atoms with Crippen LogP contribution in [0.25, 0.3) is 0 Å². The van der Waals surface area contributed by atoms with E-state index in [0.717, 1.165) is 13.1 Å². The summed E-state index contributed by atoms with van der Waals surface area (Å²) in [6, 6.07) is 0.532. The van der Waals surface area contributed by atoms with Gasteiger partial charge >= 0.3 is 0 Å². The maximum atomic E-state index is 11.2. The van der Waals surface area contributed by atoms with Crippen LogP contribution in [0.5, 0.6) is 0 Å². The molecule has 1 amide bonds. The molecule has 2 N–H and O–H groups in total. The zero-order valence-corrected chi connectivity index (χ0v) is 9.18. The predicted octanol–water partition coefficient (Wildman–Crippen LogP) is -0.194. The van der Waals surface area contributed by atoms with E-state index in [9.17, 15) is 4.79 Å². The molecule has 1 aliphatic heterocycles. The Kier molecular flexibility index (Phi) is 4.90. The van der Waals surface area contributed by atoms with Crippen LogP contribution in [0.3, 0.4) is 0 Å². The van der Waals surface area contributed by atoms with Gasteiger partial charge in [-0.15, -0.1) is 0 Å². The van der Waals surface area contributed by atoms with Crippen LogP contribution in [-0.2, 0) is 4.79 Å². The van der Waals surface area contributed by atoms with E-state index in [1.54, 1.807) is 7.05 Å². The van der Waals surface area contributed by atoms with Crippen molar-refractivity contribution in [3.05, 3.63) is 0 Å². The highest BCUT2D eigenvalue weighted by Gasteiger charge is 2.18. The molecule has 1 atom stereocenters. The lowest BCUT2D eigenvalue weighted by atomic mass is 10.0. The van der Waals surface area contributed by atoms with E-state index in [4.69, 9.17) is 0 Å². The lowest BCUT2D eigenvalue weighted by Crippen LogP contribution is -2.45. The van der Waals surface area contributed by atoms with E-state index in [-0.39, 0.29) is 5.91 Å². The average Bonchev–Trinajstić information content (AvgIpc) is 2.17. The molecule has 0 aliphatic carbocycles. The third kappa shape index (κ3) is 3.64. The third-order valence-corrected chi connectivity index (χ3v) is 2.79. The highest BCUT2D eigenvalue weighted by molar-refractivity contribution is 5.77. The van der Waals surface area contributed by atoms with Gasteiger partial charge in [0.1, 0.15) is 0 Å². The topological polar surface area (TPSA) is 44.4 Å². The standard InChI is InChI=1S/C10H21N3O/c1-11-8-10(14)12-7-9-5-3-4-6-13(9)2/h9,11H,3-8H2,1-2H3,(H,12,14). The van der Waals surface area contributed by atoms with Crippen LogP contribution >= 0.6 is 0 Å². The van der Waals surface area contributed by atoms with Gasteiger partial charge in [-0.3, -0.25) is 4.79 Å². The number of nitrogens with zero attached hydrogens (tertiary/aromatic N) is 1. The average molecular weight is 199 g/mol. The molecule has 4 heteroatoms. The van der Waals surface area contributed by atoms with E-state index >= 15 is 0 Å². The molecule has 1 saturated heterocycles. The summed E-state index contributed by atoms with van der Waals surface area (Å²) < 4.78 is 0. The van der Waals surface area contributed by atoms with Crippen molar-refractivity contribution < 1.29 is 4.79 Å². The number of hydrogen-bond acceptors (Lipinski definition) is 3. The smallest absolute Gasteiger partial charge is 0.234 e. The van der Waals surface area contributed by atoms with Crippen molar-refractivity contribution in [2.75, 3.05) is 33.7 Å². The molecular formula is C10H21N3O. The first-order chi connectivity index (χ1) is 6.74. The first kappa shape index (κ1) is 11.5. The molecular weight excluding hydrogens is 178 g/mol. The van der Waals surface area contributed by atoms with Crippen LogP contribution in [0, 0.1) is 0 Å². The fourth-order valence-corrected chi connectivity index (χ4v) is 1.86. The summed E-state index contributed by atoms with van der Waals surface area (Å²) in [5.74, 6) is 0.0893. The van der Waals surface area contributed by atoms with Gasteiger partial charge in [0.25, 0.3) is 0 Å². The Labute approximate surface area is 86.0 Å². The lowest BCUT2D eigenvalue weighted by molar-refractivity contribution is -0.120. The van der Waals surface area contributed by atoms with E-state index < -0.39 is 0 Å². The first-order valence-electron chi connectivity index (χ1n) is 5.35. The van der Waals surface area contributed by atoms with Gasteiger partial charge in [0.2, 0.25) is 5.91 Å². The number of amides is 1. The van der Waals surface area contributed by atoms with Crippen molar-refractivity contribution in [2.24, 2.45) is 0 Å². The second-order valence-electron chi connectivity index (χ2n) is 3.96. The summed E-state index contributed by atoms with van der Waals surface area (Å²) in [4.78, 5) is 13.5. The molecule has 14 heavy (non-hydrogen) atoms. The van der Waals surface area contributed by atoms with Gasteiger partial charge in [0, 0.05) is 12.6 Å². The molecule has 0 aromatic heterocycles. The van der Waals surface area contributed by atoms with Crippen LogP contribution in [-0.4, -0.2) is 50.6 Å². The van der Waals surface area contributed by atoms with Gasteiger partial charge in [-0.05, 0) is 33.5 Å². The highest BCUT2D eigenvalue weighted by Crippen LogP contribution is 2.13. The fourth-order valence-electron chi connectivity index (χ4n) is 1.86. The van der Waals surface area contributed by atoms with Gasteiger partial charge in [0.05, 0.1) is 6.54 Å². The molecule has 0 bridgehead atoms. The molecule has 82 valence electrons. The number of nitrogens with one attached hydrogen (secondary N) is 2. The molecule has 4 nitrogen and oxygen atoms in total. The maximum Gasteiger partial charge on any atom is 0.234 e. The normalized spacial score (nSPS) is 23.4. The molecule has 0 saturated carbocycles. The van der Waals surface area contributed by atoms with Crippen LogP contribution < -0.4 is 10.6 Å². The van der Waals surface area contributed by atoms with Gasteiger partial charge in [0.15, 0.2) is 0 Å². The lowest BCUT2D eigenvalue weighted by Gasteiger charge is -2.32. The first-order valence-corrected chi connectivity index (χ1v) is 5.35. The Hall–Kier alpha value is -0.610. The number of likely N-dealkylation sites (N-methyl/N-ethyl adjacent to an activating group) is 2. The molecule has 1 aliphatic rings. The third-order valence-electron chi connectivity index (χ3n) is 2.79. The van der Waals surface area contributed by atoms with Crippen LogP contribution in [0.1, 0.15) is 19.3 Å². The van der Waals surface area contributed by atoms with Crippen molar-refractivity contribution in [2.45, 2.75) is 25.3 Å². The van der Waals surface area contributed by atoms with Gasteiger partial charge in [-0.2, -0.15) is 0 Å². The highest BCUT2D eigenvalue weighted by atomic mass is 16.1. The minimum absolute atomic E-state index is 0.0893. The maximum absolute atomic E-state index is 11.2. The molecule has 0 spiro atoms. The number of likely N-dealkylation sites (tertiary alicyclic amines) is 1. The monoisotopic (exact) mass is 199 g/mol. The second-order valence-corrected chi connectivity index (χ2v) is 3.96. The van der Waals surface area contributed by atoms with E-state index in [0.29, 0.717) is 12.6 Å². The number of hydrogen-bond donors (Lipinski definition) is 2. The Morgan fingerprint density at radius 2 is 2.29 bits per heavy atom. The molecule has 0 aromatic carbocycles. The van der Waals surface area contributed by atoms with Crippen LogP contribution in [0.2, 0.25) is 0 Å². The fraction of sp³-hybridized carbons (Fsp3) is 0.900. The molecule has 0 aromatic rings. The van der Waals surface area contributed by atoms with E-state index in [1.165, 1.54) is 19.3 Å². The van der Waals surface area contributed by atoms with Gasteiger partial charge < -0.3 is 15.5 Å². The SMILES string of the molecule is CNCC(=O)NCC1CCCCN1C. The molecule has 1 unspecified atom stereocenters. The van der Waals surface area contributed by atoms with Crippen molar-refractivity contribution in [1.82, 2.24) is 15.5 Å². The number of rotatable bonds is 4. The Bertz CT molecular complexity index is 184. The Morgan fingerprint density at radius 3 is 2.93 bits per heavy atom. The summed E-state index contributed by atoms with van der Waals surface area (Å²) in [6.07, 6.45) is 3.78. The zero-order valence-electron chi connectivity index (χ0n) is 9.18. The Morgan fingerprint density at radius 1 is 1.50 bits per heavy atom. The van der Waals surface area contributed by atoms with Crippen molar-refractivity contribution in [3.63, 3.8) is 0 Å². The van der Waals surface area contributed by atoms with Crippen molar-refractivity contribution >= 4 is 5.91 Å². The zero-order chi connectivity index (χ0) is 10.4. The molecule has 0 radical (unpaired) electrons. The van der Waals surface area contributed by atoms with E-state index in [2.05, 4.69) is 22.6 Å². The second kappa shape index (κ2) is 5.98. The Balaban J connectivity index is 2.19. The van der Waals surface area contributed by atoms with Crippen molar-refractivity contribution in [3.8, 4) is 0 Å². The molecule has 1 rings (SSSR count). The predicted molar refractivity (Wildman–Crippen MR) is 57.2 cm³/mol. The quantitative estimate of drug-likeness (QED) is 0.659. The summed E-state index contributed by atoms with van der Waals surface area (Å²) in [7, 11) is 3.92. The summed E-state index contributed by atoms with van der Waals surface area (Å²) in [6.45, 7) is 2.36. The minimum Gasteiger partial charge on any atom is -0.353 e. The minimum atomic E-state index is 0.0893. The summed E-state index contributed by atoms with van der Waals surface area (Å²) >= 11 is 0.